The summed E-state index contributed by atoms with van der Waals surface area (Å²) < 4.78 is 101. The summed E-state index contributed by atoms with van der Waals surface area (Å²) in [4.78, 5) is 4.43. The lowest BCUT2D eigenvalue weighted by molar-refractivity contribution is -0.118. The lowest BCUT2D eigenvalue weighted by Gasteiger charge is -2.22. The van der Waals surface area contributed by atoms with Crippen molar-refractivity contribution in [3.63, 3.8) is 0 Å². The first-order valence-electron chi connectivity index (χ1n) is 7.50. The number of aliphatic imine (C=N–C) groups is 1. The molecule has 1 aromatic carbocycles. The van der Waals surface area contributed by atoms with Gasteiger partial charge in [0.2, 0.25) is 5.75 Å². The van der Waals surface area contributed by atoms with Gasteiger partial charge in [-0.2, -0.15) is 26.3 Å². The van der Waals surface area contributed by atoms with Crippen molar-refractivity contribution in [3.8, 4) is 0 Å². The second kappa shape index (κ2) is 7.63. The molecule has 0 aromatic heterocycles. The molecule has 1 heterocycles. The van der Waals surface area contributed by atoms with Crippen LogP contribution < -0.4 is 4.90 Å². The van der Waals surface area contributed by atoms with E-state index in [1.807, 2.05) is 0 Å². The van der Waals surface area contributed by atoms with Crippen molar-refractivity contribution in [2.24, 2.45) is 4.99 Å². The highest BCUT2D eigenvalue weighted by Crippen LogP contribution is 2.32. The number of aryl methyl sites for hydroxylation is 1. The largest absolute Gasteiger partial charge is 0.611 e. The third kappa shape index (κ3) is 5.50. The summed E-state index contributed by atoms with van der Waals surface area (Å²) >= 11 is -2.45. The Hall–Kier alpha value is -1.49. The molecule has 146 valence electrons. The van der Waals surface area contributed by atoms with Crippen LogP contribution in [0.3, 0.4) is 0 Å². The summed E-state index contributed by atoms with van der Waals surface area (Å²) in [5, 5.41) is 0. The number of rotatable bonds is 4. The lowest BCUT2D eigenvalue weighted by atomic mass is 10.2. The smallest absolute Gasteiger partial charge is 0.433 e. The van der Waals surface area contributed by atoms with Crippen LogP contribution in [0.25, 0.3) is 0 Å². The first kappa shape index (κ1) is 20.8. The number of amidine groups is 1. The molecular weight excluding hydrogens is 389 g/mol. The molecule has 0 radical (unpaired) electrons. The van der Waals surface area contributed by atoms with Crippen molar-refractivity contribution in [2.45, 2.75) is 37.0 Å². The molecule has 11 heteroatoms. The quantitative estimate of drug-likeness (QED) is 0.552. The zero-order valence-electron chi connectivity index (χ0n) is 13.5. The maximum Gasteiger partial charge on any atom is 0.433 e. The summed E-state index contributed by atoms with van der Waals surface area (Å²) in [6.45, 7) is 0.0558. The molecule has 0 bridgehead atoms. The minimum atomic E-state index is -4.67. The molecule has 0 spiro atoms. The summed E-state index contributed by atoms with van der Waals surface area (Å²) in [7, 11) is 0. The molecule has 1 saturated heterocycles. The van der Waals surface area contributed by atoms with Crippen LogP contribution in [0.4, 0.5) is 36.4 Å². The molecular formula is C15H15F7N2OS. The number of hydrogen-bond acceptors (Lipinski definition) is 2. The predicted molar refractivity (Wildman–Crippen MR) is 83.4 cm³/mol. The van der Waals surface area contributed by atoms with Crippen molar-refractivity contribution >= 4 is 22.7 Å². The standard InChI is InChI=1S/C15H15F7N2OS/c1-9-5-10(16)11(6-12(9)26(25)8-15(20,21)22)24-4-2-3-13(24)23-7-14(17,18)19/h5-6H,2-4,7-8H2,1H3/b23-13+. The monoisotopic (exact) mass is 404 g/mol. The lowest BCUT2D eigenvalue weighted by Crippen LogP contribution is -2.28. The minimum absolute atomic E-state index is 0.00219. The van der Waals surface area contributed by atoms with E-state index < -0.39 is 41.6 Å². The fraction of sp³-hybridized carbons (Fsp3) is 0.533. The summed E-state index contributed by atoms with van der Waals surface area (Å²) in [5.74, 6) is -2.41. The molecule has 2 rings (SSSR count). The van der Waals surface area contributed by atoms with Crippen LogP contribution in [0.2, 0.25) is 0 Å². The van der Waals surface area contributed by atoms with E-state index in [9.17, 15) is 35.3 Å². The van der Waals surface area contributed by atoms with Crippen molar-refractivity contribution in [3.05, 3.63) is 23.5 Å². The molecule has 1 aromatic rings. The van der Waals surface area contributed by atoms with Crippen molar-refractivity contribution in [2.75, 3.05) is 23.7 Å². The highest BCUT2D eigenvalue weighted by atomic mass is 32.2. The number of halogens is 7. The second-order valence-electron chi connectivity index (χ2n) is 5.78. The average molecular weight is 404 g/mol. The maximum atomic E-state index is 14.3. The van der Waals surface area contributed by atoms with Gasteiger partial charge in [0.25, 0.3) is 0 Å². The van der Waals surface area contributed by atoms with Gasteiger partial charge in [-0.25, -0.2) is 4.39 Å². The highest BCUT2D eigenvalue weighted by molar-refractivity contribution is 7.91. The van der Waals surface area contributed by atoms with Gasteiger partial charge < -0.3 is 9.45 Å². The van der Waals surface area contributed by atoms with E-state index in [-0.39, 0.29) is 34.9 Å². The molecule has 1 unspecified atom stereocenters. The van der Waals surface area contributed by atoms with E-state index >= 15 is 0 Å². The van der Waals surface area contributed by atoms with Crippen molar-refractivity contribution < 1.29 is 35.3 Å². The van der Waals surface area contributed by atoms with Crippen molar-refractivity contribution in [1.29, 1.82) is 0 Å². The minimum Gasteiger partial charge on any atom is -0.611 e. The molecule has 1 aliphatic heterocycles. The van der Waals surface area contributed by atoms with Gasteiger partial charge in [-0.1, -0.05) is 0 Å². The Labute approximate surface area is 148 Å². The third-order valence-electron chi connectivity index (χ3n) is 3.61. The van der Waals surface area contributed by atoms with E-state index in [0.717, 1.165) is 12.1 Å². The van der Waals surface area contributed by atoms with Crippen molar-refractivity contribution in [1.82, 2.24) is 0 Å². The Morgan fingerprint density at radius 1 is 1.15 bits per heavy atom. The molecule has 1 aliphatic rings. The Morgan fingerprint density at radius 2 is 1.81 bits per heavy atom. The van der Waals surface area contributed by atoms with E-state index in [1.54, 1.807) is 0 Å². The Balaban J connectivity index is 2.35. The molecule has 0 amide bonds. The number of anilines is 1. The van der Waals surface area contributed by atoms with Gasteiger partial charge in [0.1, 0.15) is 18.2 Å². The zero-order chi connectivity index (χ0) is 19.7. The molecule has 0 saturated carbocycles. The van der Waals surface area contributed by atoms with Crippen LogP contribution in [0.5, 0.6) is 0 Å². The first-order chi connectivity index (χ1) is 11.9. The molecule has 26 heavy (non-hydrogen) atoms. The number of benzene rings is 1. The highest BCUT2D eigenvalue weighted by Gasteiger charge is 2.37. The average Bonchev–Trinajstić information content (AvgIpc) is 2.90. The fourth-order valence-electron chi connectivity index (χ4n) is 2.58. The Kier molecular flexibility index (Phi) is 6.11. The van der Waals surface area contributed by atoms with Gasteiger partial charge in [0.15, 0.2) is 4.90 Å². The summed E-state index contributed by atoms with van der Waals surface area (Å²) in [6.07, 6.45) is -8.58. The first-order valence-corrected chi connectivity index (χ1v) is 8.82. The van der Waals surface area contributed by atoms with E-state index in [1.165, 1.54) is 11.8 Å². The topological polar surface area (TPSA) is 38.7 Å². The fourth-order valence-corrected chi connectivity index (χ4v) is 3.70. The van der Waals surface area contributed by atoms with Crippen LogP contribution in [0.1, 0.15) is 18.4 Å². The summed E-state index contributed by atoms with van der Waals surface area (Å²) in [6, 6.07) is 1.93. The van der Waals surface area contributed by atoms with Crippen LogP contribution in [0.15, 0.2) is 22.0 Å². The van der Waals surface area contributed by atoms with E-state index in [2.05, 4.69) is 4.99 Å². The Morgan fingerprint density at radius 3 is 2.38 bits per heavy atom. The van der Waals surface area contributed by atoms with E-state index in [0.29, 0.717) is 6.42 Å². The number of hydrogen-bond donors (Lipinski definition) is 0. The van der Waals surface area contributed by atoms with Crippen LogP contribution in [-0.4, -0.2) is 41.6 Å². The number of nitrogens with zero attached hydrogens (tertiary/aromatic N) is 2. The molecule has 0 aliphatic carbocycles. The van der Waals surface area contributed by atoms with Crippen LogP contribution in [0, 0.1) is 12.7 Å². The van der Waals surface area contributed by atoms with Gasteiger partial charge in [-0.3, -0.25) is 4.99 Å². The normalized spacial score (nSPS) is 18.7. The Bertz CT molecular complexity index is 688. The molecule has 1 atom stereocenters. The molecule has 3 nitrogen and oxygen atoms in total. The second-order valence-corrected chi connectivity index (χ2v) is 7.20. The predicted octanol–water partition coefficient (Wildman–Crippen LogP) is 4.37. The molecule has 0 N–H and O–H groups in total. The zero-order valence-corrected chi connectivity index (χ0v) is 14.4. The SMILES string of the molecule is Cc1cc(F)c(N2CCC/C2=N\CC(F)(F)F)cc1[S+]([O-])CC(F)(F)F. The number of alkyl halides is 6. The van der Waals surface area contributed by atoms with Gasteiger partial charge in [0.05, 0.1) is 5.69 Å². The summed E-state index contributed by atoms with van der Waals surface area (Å²) in [5.41, 5.74) is -0.152. The maximum absolute atomic E-state index is 14.3. The van der Waals surface area contributed by atoms with Crippen LogP contribution >= 0.6 is 0 Å². The van der Waals surface area contributed by atoms with Gasteiger partial charge in [0, 0.05) is 24.6 Å². The van der Waals surface area contributed by atoms with E-state index in [4.69, 9.17) is 0 Å². The van der Waals surface area contributed by atoms with Crippen LogP contribution in [-0.2, 0) is 11.2 Å². The van der Waals surface area contributed by atoms with Gasteiger partial charge in [-0.15, -0.1) is 0 Å². The van der Waals surface area contributed by atoms with Gasteiger partial charge in [-0.05, 0) is 30.6 Å². The third-order valence-corrected chi connectivity index (χ3v) is 5.13. The van der Waals surface area contributed by atoms with Gasteiger partial charge >= 0.3 is 12.4 Å². The molecule has 1 fully saturated rings.